The highest BCUT2D eigenvalue weighted by molar-refractivity contribution is 14.0. The van der Waals surface area contributed by atoms with Gasteiger partial charge in [0.1, 0.15) is 11.9 Å². The van der Waals surface area contributed by atoms with E-state index in [1.807, 2.05) is 12.1 Å². The minimum atomic E-state index is 0. The van der Waals surface area contributed by atoms with Crippen molar-refractivity contribution in [3.63, 3.8) is 0 Å². The highest BCUT2D eigenvalue weighted by Crippen LogP contribution is 2.36. The Kier molecular flexibility index (Phi) is 3.99. The third kappa shape index (κ3) is 2.28. The number of nitrogens with one attached hydrogen (secondary N) is 1. The predicted octanol–water partition coefficient (Wildman–Crippen LogP) is 2.02. The number of para-hydroxylation sites is 1. The first-order valence-corrected chi connectivity index (χ1v) is 6.03. The molecular formula is C13H18IN3O. The van der Waals surface area contributed by atoms with E-state index in [-0.39, 0.29) is 36.1 Å². The smallest absolute Gasteiger partial charge is 0.194 e. The van der Waals surface area contributed by atoms with Crippen LogP contribution < -0.4 is 10.1 Å². The molecule has 0 aromatic heterocycles. The van der Waals surface area contributed by atoms with E-state index < -0.39 is 0 Å². The zero-order chi connectivity index (χ0) is 11.8. The monoisotopic (exact) mass is 359 g/mol. The van der Waals surface area contributed by atoms with E-state index in [0.29, 0.717) is 0 Å². The van der Waals surface area contributed by atoms with Gasteiger partial charge >= 0.3 is 0 Å². The van der Waals surface area contributed by atoms with Crippen LogP contribution in [0.25, 0.3) is 0 Å². The predicted molar refractivity (Wildman–Crippen MR) is 82.8 cm³/mol. The molecule has 0 aliphatic carbocycles. The van der Waals surface area contributed by atoms with E-state index in [1.54, 1.807) is 0 Å². The third-order valence-corrected chi connectivity index (χ3v) is 3.38. The highest BCUT2D eigenvalue weighted by atomic mass is 127. The number of fused-ring (bicyclic) bond motifs is 1. The molecule has 1 aromatic rings. The molecule has 1 N–H and O–H groups in total. The lowest BCUT2D eigenvalue weighted by Crippen LogP contribution is -2.40. The quantitative estimate of drug-likeness (QED) is 0.780. The van der Waals surface area contributed by atoms with Gasteiger partial charge in [-0.15, -0.1) is 24.0 Å². The standard InChI is InChI=1S/C13H17N3O.HI/c1-9-12(15-13-14-7-8-16(13)2)10-5-3-4-6-11(10)17-9;/h3-6,9,12H,7-8H2,1-2H3,(H,14,15);1H. The van der Waals surface area contributed by atoms with Crippen molar-refractivity contribution in [2.75, 3.05) is 20.1 Å². The molecule has 0 radical (unpaired) electrons. The molecule has 98 valence electrons. The van der Waals surface area contributed by atoms with Gasteiger partial charge in [0, 0.05) is 19.2 Å². The topological polar surface area (TPSA) is 36.9 Å². The maximum atomic E-state index is 5.83. The fourth-order valence-electron chi connectivity index (χ4n) is 2.39. The van der Waals surface area contributed by atoms with Crippen molar-refractivity contribution in [1.82, 2.24) is 10.2 Å². The summed E-state index contributed by atoms with van der Waals surface area (Å²) >= 11 is 0. The Labute approximate surface area is 124 Å². The van der Waals surface area contributed by atoms with Crippen LogP contribution >= 0.6 is 24.0 Å². The number of aliphatic imine (C=N–C) groups is 1. The van der Waals surface area contributed by atoms with Crippen LogP contribution in [0.15, 0.2) is 29.3 Å². The summed E-state index contributed by atoms with van der Waals surface area (Å²) in [6, 6.07) is 8.40. The maximum absolute atomic E-state index is 5.83. The van der Waals surface area contributed by atoms with Crippen LogP contribution in [0.1, 0.15) is 18.5 Å². The first kappa shape index (κ1) is 13.5. The van der Waals surface area contributed by atoms with Gasteiger partial charge in [-0.3, -0.25) is 4.99 Å². The summed E-state index contributed by atoms with van der Waals surface area (Å²) in [4.78, 5) is 6.61. The van der Waals surface area contributed by atoms with Gasteiger partial charge in [0.15, 0.2) is 5.96 Å². The van der Waals surface area contributed by atoms with Crippen molar-refractivity contribution in [2.45, 2.75) is 19.1 Å². The van der Waals surface area contributed by atoms with E-state index in [0.717, 1.165) is 24.8 Å². The summed E-state index contributed by atoms with van der Waals surface area (Å²) in [5.74, 6) is 1.96. The number of likely N-dealkylation sites (N-methyl/N-ethyl adjacent to an activating group) is 1. The molecule has 18 heavy (non-hydrogen) atoms. The zero-order valence-corrected chi connectivity index (χ0v) is 12.9. The Bertz CT molecular complexity index is 463. The zero-order valence-electron chi connectivity index (χ0n) is 10.6. The number of hydrogen-bond donors (Lipinski definition) is 1. The van der Waals surface area contributed by atoms with Crippen LogP contribution in [0.2, 0.25) is 0 Å². The summed E-state index contributed by atoms with van der Waals surface area (Å²) in [6.45, 7) is 3.96. The lowest BCUT2D eigenvalue weighted by Gasteiger charge is -2.22. The van der Waals surface area contributed by atoms with Crippen molar-refractivity contribution in [1.29, 1.82) is 0 Å². The molecule has 3 rings (SSSR count). The van der Waals surface area contributed by atoms with Crippen molar-refractivity contribution in [3.8, 4) is 5.75 Å². The molecule has 0 saturated carbocycles. The van der Waals surface area contributed by atoms with E-state index >= 15 is 0 Å². The lowest BCUT2D eigenvalue weighted by molar-refractivity contribution is 0.218. The Balaban J connectivity index is 0.00000120. The van der Waals surface area contributed by atoms with Gasteiger partial charge in [0.05, 0.1) is 12.6 Å². The molecule has 0 amide bonds. The molecule has 2 aliphatic rings. The molecule has 0 saturated heterocycles. The average Bonchev–Trinajstić information content (AvgIpc) is 2.85. The van der Waals surface area contributed by atoms with Gasteiger partial charge in [0.25, 0.3) is 0 Å². The second-order valence-electron chi connectivity index (χ2n) is 4.61. The molecule has 0 bridgehead atoms. The first-order chi connectivity index (χ1) is 8.25. The van der Waals surface area contributed by atoms with Crippen LogP contribution in [0, 0.1) is 0 Å². The minimum absolute atomic E-state index is 0. The Morgan fingerprint density at radius 1 is 1.39 bits per heavy atom. The number of halogens is 1. The van der Waals surface area contributed by atoms with Crippen LogP contribution in [0.5, 0.6) is 5.75 Å². The number of guanidine groups is 1. The van der Waals surface area contributed by atoms with Gasteiger partial charge in [-0.2, -0.15) is 0 Å². The van der Waals surface area contributed by atoms with E-state index in [1.165, 1.54) is 5.56 Å². The fourth-order valence-corrected chi connectivity index (χ4v) is 2.39. The van der Waals surface area contributed by atoms with Crippen LogP contribution in [0.4, 0.5) is 0 Å². The van der Waals surface area contributed by atoms with Gasteiger partial charge < -0.3 is 15.0 Å². The van der Waals surface area contributed by atoms with Crippen LogP contribution in [-0.2, 0) is 0 Å². The summed E-state index contributed by atoms with van der Waals surface area (Å²) in [5.41, 5.74) is 1.23. The molecule has 0 spiro atoms. The van der Waals surface area contributed by atoms with Crippen molar-refractivity contribution in [3.05, 3.63) is 29.8 Å². The molecule has 2 unspecified atom stereocenters. The maximum Gasteiger partial charge on any atom is 0.194 e. The largest absolute Gasteiger partial charge is 0.488 e. The van der Waals surface area contributed by atoms with Crippen LogP contribution in [-0.4, -0.2) is 37.1 Å². The molecular weight excluding hydrogens is 341 g/mol. The number of benzene rings is 1. The molecule has 5 heteroatoms. The second-order valence-corrected chi connectivity index (χ2v) is 4.61. The Morgan fingerprint density at radius 3 is 2.89 bits per heavy atom. The number of nitrogens with zero attached hydrogens (tertiary/aromatic N) is 2. The average molecular weight is 359 g/mol. The summed E-state index contributed by atoms with van der Waals surface area (Å²) in [7, 11) is 2.06. The fraction of sp³-hybridized carbons (Fsp3) is 0.462. The normalized spacial score (nSPS) is 25.0. The molecule has 0 fully saturated rings. The summed E-state index contributed by atoms with van der Waals surface area (Å²) in [6.07, 6.45) is 0.143. The number of ether oxygens (including phenoxy) is 1. The van der Waals surface area contributed by atoms with E-state index in [4.69, 9.17) is 4.74 Å². The number of hydrogen-bond acceptors (Lipinski definition) is 4. The van der Waals surface area contributed by atoms with Gasteiger partial charge in [-0.05, 0) is 13.0 Å². The summed E-state index contributed by atoms with van der Waals surface area (Å²) < 4.78 is 5.83. The molecule has 2 atom stereocenters. The molecule has 1 aromatic carbocycles. The molecule has 2 aliphatic heterocycles. The molecule has 4 nitrogen and oxygen atoms in total. The minimum Gasteiger partial charge on any atom is -0.488 e. The Morgan fingerprint density at radius 2 is 2.17 bits per heavy atom. The molecule has 2 heterocycles. The van der Waals surface area contributed by atoms with E-state index in [9.17, 15) is 0 Å². The Hall–Kier alpha value is -0.980. The third-order valence-electron chi connectivity index (χ3n) is 3.38. The van der Waals surface area contributed by atoms with Crippen LogP contribution in [0.3, 0.4) is 0 Å². The van der Waals surface area contributed by atoms with Crippen molar-refractivity contribution in [2.24, 2.45) is 4.99 Å². The SMILES string of the molecule is CC1Oc2ccccc2C1NC1=NCCN1C.I. The number of rotatable bonds is 1. The van der Waals surface area contributed by atoms with Gasteiger partial charge in [-0.1, -0.05) is 18.2 Å². The van der Waals surface area contributed by atoms with E-state index in [2.05, 4.69) is 41.3 Å². The van der Waals surface area contributed by atoms with Gasteiger partial charge in [0.2, 0.25) is 0 Å². The highest BCUT2D eigenvalue weighted by Gasteiger charge is 2.32. The van der Waals surface area contributed by atoms with Gasteiger partial charge in [-0.25, -0.2) is 0 Å². The second kappa shape index (κ2) is 5.34. The van der Waals surface area contributed by atoms with Crippen molar-refractivity contribution < 1.29 is 4.74 Å². The lowest BCUT2D eigenvalue weighted by atomic mass is 10.1. The first-order valence-electron chi connectivity index (χ1n) is 6.03. The summed E-state index contributed by atoms with van der Waals surface area (Å²) in [5, 5.41) is 3.48. The van der Waals surface area contributed by atoms with Crippen molar-refractivity contribution >= 4 is 29.9 Å².